The largest absolute Gasteiger partial charge is 0.573 e. The molecule has 8 heteroatoms. The van der Waals surface area contributed by atoms with Gasteiger partial charge in [0, 0.05) is 0 Å². The highest BCUT2D eigenvalue weighted by molar-refractivity contribution is 9.10. The number of hydrogen-bond acceptors (Lipinski definition) is 3. The summed E-state index contributed by atoms with van der Waals surface area (Å²) in [6.07, 6.45) is -4.03. The molecule has 0 atom stereocenters. The fraction of sp³-hybridized carbons (Fsp3) is 0.143. The summed E-state index contributed by atoms with van der Waals surface area (Å²) < 4.78 is 38.9. The van der Waals surface area contributed by atoms with E-state index in [0.29, 0.717) is 0 Å². The van der Waals surface area contributed by atoms with E-state index in [1.165, 1.54) is 0 Å². The molecule has 1 aromatic rings. The van der Waals surface area contributed by atoms with Crippen molar-refractivity contribution in [2.75, 3.05) is 0 Å². The second-order valence-electron chi connectivity index (χ2n) is 2.41. The number of nitrogens with zero attached hydrogens (tertiary/aromatic N) is 1. The van der Waals surface area contributed by atoms with Gasteiger partial charge in [-0.3, -0.25) is 4.79 Å². The third-order valence-electron chi connectivity index (χ3n) is 1.28. The van der Waals surface area contributed by atoms with E-state index < -0.39 is 18.0 Å². The molecule has 0 fully saturated rings. The van der Waals surface area contributed by atoms with E-state index in [-0.39, 0.29) is 10.2 Å². The lowest BCUT2D eigenvalue weighted by Gasteiger charge is -2.09. The maximum absolute atomic E-state index is 11.8. The van der Waals surface area contributed by atoms with Crippen molar-refractivity contribution in [1.82, 2.24) is 4.98 Å². The monoisotopic (exact) mass is 284 g/mol. The highest BCUT2D eigenvalue weighted by atomic mass is 79.9. The van der Waals surface area contributed by atoms with Crippen molar-refractivity contribution in [3.8, 4) is 5.75 Å². The average molecular weight is 285 g/mol. The van der Waals surface area contributed by atoms with Crippen LogP contribution in [0.2, 0.25) is 0 Å². The molecule has 0 bridgehead atoms. The van der Waals surface area contributed by atoms with Crippen molar-refractivity contribution in [3.63, 3.8) is 0 Å². The number of nitrogens with two attached hydrogens (primary N) is 1. The molecule has 1 aromatic heterocycles. The Labute approximate surface area is 90.4 Å². The SMILES string of the molecule is NC(=O)c1ncc(OC(F)(F)F)cc1Br. The molecular formula is C7H4BrF3N2O2. The normalized spacial score (nSPS) is 11.2. The van der Waals surface area contributed by atoms with Crippen LogP contribution < -0.4 is 10.5 Å². The molecule has 0 aliphatic rings. The van der Waals surface area contributed by atoms with Crippen molar-refractivity contribution in [2.45, 2.75) is 6.36 Å². The first kappa shape index (κ1) is 11.8. The Hall–Kier alpha value is -1.31. The van der Waals surface area contributed by atoms with E-state index in [1.807, 2.05) is 0 Å². The van der Waals surface area contributed by atoms with Gasteiger partial charge < -0.3 is 10.5 Å². The van der Waals surface area contributed by atoms with Gasteiger partial charge in [-0.25, -0.2) is 4.98 Å². The summed E-state index contributed by atoms with van der Waals surface area (Å²) in [4.78, 5) is 14.1. The van der Waals surface area contributed by atoms with Gasteiger partial charge in [0.2, 0.25) is 0 Å². The van der Waals surface area contributed by atoms with Crippen LogP contribution in [0.1, 0.15) is 10.5 Å². The lowest BCUT2D eigenvalue weighted by Crippen LogP contribution is -2.18. The predicted molar refractivity (Wildman–Crippen MR) is 47.1 cm³/mol. The number of carbonyl (C=O) groups excluding carboxylic acids is 1. The molecule has 0 aliphatic heterocycles. The molecule has 82 valence electrons. The Kier molecular flexibility index (Phi) is 3.18. The number of aromatic nitrogens is 1. The van der Waals surface area contributed by atoms with E-state index >= 15 is 0 Å². The number of primary amides is 1. The van der Waals surface area contributed by atoms with Gasteiger partial charge in [-0.05, 0) is 22.0 Å². The van der Waals surface area contributed by atoms with Gasteiger partial charge >= 0.3 is 6.36 Å². The van der Waals surface area contributed by atoms with Crippen LogP contribution in [-0.4, -0.2) is 17.3 Å². The van der Waals surface area contributed by atoms with Gasteiger partial charge in [-0.2, -0.15) is 0 Å². The number of pyridine rings is 1. The molecule has 0 aromatic carbocycles. The summed E-state index contributed by atoms with van der Waals surface area (Å²) in [7, 11) is 0. The lowest BCUT2D eigenvalue weighted by molar-refractivity contribution is -0.274. The minimum atomic E-state index is -4.80. The highest BCUT2D eigenvalue weighted by Crippen LogP contribution is 2.25. The Morgan fingerprint density at radius 1 is 1.53 bits per heavy atom. The number of hydrogen-bond donors (Lipinski definition) is 1. The van der Waals surface area contributed by atoms with Crippen LogP contribution in [0, 0.1) is 0 Å². The predicted octanol–water partition coefficient (Wildman–Crippen LogP) is 1.84. The molecule has 1 heterocycles. The van der Waals surface area contributed by atoms with Crippen LogP contribution in [0.3, 0.4) is 0 Å². The van der Waals surface area contributed by atoms with Crippen LogP contribution >= 0.6 is 15.9 Å². The van der Waals surface area contributed by atoms with Gasteiger partial charge in [0.1, 0.15) is 11.4 Å². The van der Waals surface area contributed by atoms with Gasteiger partial charge in [0.05, 0.1) is 10.7 Å². The van der Waals surface area contributed by atoms with Crippen molar-refractivity contribution < 1.29 is 22.7 Å². The summed E-state index contributed by atoms with van der Waals surface area (Å²) in [6.45, 7) is 0. The zero-order chi connectivity index (χ0) is 11.6. The maximum Gasteiger partial charge on any atom is 0.573 e. The number of carbonyl (C=O) groups is 1. The number of rotatable bonds is 2. The van der Waals surface area contributed by atoms with E-state index in [9.17, 15) is 18.0 Å². The van der Waals surface area contributed by atoms with E-state index in [0.717, 1.165) is 12.3 Å². The Balaban J connectivity index is 2.97. The molecular weight excluding hydrogens is 281 g/mol. The molecule has 0 saturated carbocycles. The van der Waals surface area contributed by atoms with Crippen molar-refractivity contribution in [2.24, 2.45) is 5.73 Å². The molecule has 0 saturated heterocycles. The molecule has 1 amide bonds. The van der Waals surface area contributed by atoms with Crippen molar-refractivity contribution in [3.05, 3.63) is 22.4 Å². The first-order chi connectivity index (χ1) is 6.79. The van der Waals surface area contributed by atoms with Crippen LogP contribution in [0.15, 0.2) is 16.7 Å². The smallest absolute Gasteiger partial charge is 0.404 e. The fourth-order valence-corrected chi connectivity index (χ4v) is 1.31. The molecule has 0 spiro atoms. The quantitative estimate of drug-likeness (QED) is 0.901. The van der Waals surface area contributed by atoms with Crippen LogP contribution in [0.25, 0.3) is 0 Å². The average Bonchev–Trinajstić information content (AvgIpc) is 1.99. The second kappa shape index (κ2) is 4.05. The van der Waals surface area contributed by atoms with Crippen LogP contribution in [0.4, 0.5) is 13.2 Å². The molecule has 0 aliphatic carbocycles. The molecule has 0 unspecified atom stereocenters. The van der Waals surface area contributed by atoms with Gasteiger partial charge in [0.15, 0.2) is 0 Å². The number of amides is 1. The number of alkyl halides is 3. The third kappa shape index (κ3) is 3.39. The highest BCUT2D eigenvalue weighted by Gasteiger charge is 2.31. The van der Waals surface area contributed by atoms with Crippen LogP contribution in [0.5, 0.6) is 5.75 Å². The van der Waals surface area contributed by atoms with Crippen molar-refractivity contribution >= 4 is 21.8 Å². The summed E-state index contributed by atoms with van der Waals surface area (Å²) in [5.41, 5.74) is 4.73. The minimum Gasteiger partial charge on any atom is -0.404 e. The second-order valence-corrected chi connectivity index (χ2v) is 3.27. The molecule has 0 radical (unpaired) electrons. The molecule has 1 rings (SSSR count). The maximum atomic E-state index is 11.8. The zero-order valence-corrected chi connectivity index (χ0v) is 8.59. The standard InChI is InChI=1S/C7H4BrF3N2O2/c8-4-1-3(15-7(9,10)11)2-13-5(4)6(12)14/h1-2H,(H2,12,14). The fourth-order valence-electron chi connectivity index (χ4n) is 0.791. The molecule has 2 N–H and O–H groups in total. The summed E-state index contributed by atoms with van der Waals surface area (Å²) in [5, 5.41) is 0. The zero-order valence-electron chi connectivity index (χ0n) is 7.01. The van der Waals surface area contributed by atoms with E-state index in [2.05, 4.69) is 25.7 Å². The molecule has 4 nitrogen and oxygen atoms in total. The lowest BCUT2D eigenvalue weighted by atomic mass is 10.3. The summed E-state index contributed by atoms with van der Waals surface area (Å²) >= 11 is 2.84. The minimum absolute atomic E-state index is 0.0387. The molecule has 15 heavy (non-hydrogen) atoms. The van der Waals surface area contributed by atoms with E-state index in [4.69, 9.17) is 5.73 Å². The number of halogens is 4. The third-order valence-corrected chi connectivity index (χ3v) is 1.89. The topological polar surface area (TPSA) is 65.2 Å². The van der Waals surface area contributed by atoms with Gasteiger partial charge in [0.25, 0.3) is 5.91 Å². The number of ether oxygens (including phenoxy) is 1. The van der Waals surface area contributed by atoms with Crippen LogP contribution in [-0.2, 0) is 0 Å². The Bertz CT molecular complexity index is 394. The first-order valence-corrected chi connectivity index (χ1v) is 4.30. The summed E-state index contributed by atoms with van der Waals surface area (Å²) in [5.74, 6) is -1.38. The first-order valence-electron chi connectivity index (χ1n) is 3.50. The van der Waals surface area contributed by atoms with Gasteiger partial charge in [-0.1, -0.05) is 0 Å². The Morgan fingerprint density at radius 2 is 2.13 bits per heavy atom. The summed E-state index contributed by atoms with van der Waals surface area (Å²) in [6, 6.07) is 0.959. The van der Waals surface area contributed by atoms with E-state index in [1.54, 1.807) is 0 Å². The Morgan fingerprint density at radius 3 is 2.53 bits per heavy atom. The van der Waals surface area contributed by atoms with Crippen molar-refractivity contribution in [1.29, 1.82) is 0 Å². The van der Waals surface area contributed by atoms with Gasteiger partial charge in [-0.15, -0.1) is 13.2 Å².